The number of halogens is 2. The Labute approximate surface area is 169 Å². The molecule has 0 amide bonds. The highest BCUT2D eigenvalue weighted by Gasteiger charge is 2.16. The van der Waals surface area contributed by atoms with E-state index in [1.165, 1.54) is 16.7 Å². The fourth-order valence-electron chi connectivity index (χ4n) is 2.91. The van der Waals surface area contributed by atoms with Crippen molar-refractivity contribution in [2.75, 3.05) is 0 Å². The molecule has 136 valence electrons. The van der Waals surface area contributed by atoms with E-state index in [0.717, 1.165) is 26.9 Å². The molecule has 1 atom stereocenters. The molecule has 0 N–H and O–H groups in total. The van der Waals surface area contributed by atoms with Crippen molar-refractivity contribution in [1.82, 2.24) is 0 Å². The molecule has 0 saturated carbocycles. The van der Waals surface area contributed by atoms with Gasteiger partial charge in [0.1, 0.15) is 5.75 Å². The lowest BCUT2D eigenvalue weighted by molar-refractivity contribution is 0.474. The van der Waals surface area contributed by atoms with Crippen LogP contribution in [0.15, 0.2) is 39.3 Å². The van der Waals surface area contributed by atoms with Gasteiger partial charge < -0.3 is 4.74 Å². The van der Waals surface area contributed by atoms with Gasteiger partial charge in [0.2, 0.25) is 0 Å². The van der Waals surface area contributed by atoms with Gasteiger partial charge in [0.15, 0.2) is 5.75 Å². The molecule has 0 aliphatic rings. The fourth-order valence-corrected chi connectivity index (χ4v) is 4.30. The molecule has 0 spiro atoms. The molecule has 0 radical (unpaired) electrons. The summed E-state index contributed by atoms with van der Waals surface area (Å²) in [4.78, 5) is 0. The van der Waals surface area contributed by atoms with Crippen molar-refractivity contribution >= 4 is 31.9 Å². The fraction of sp³-hybridized carbons (Fsp3) is 0.455. The van der Waals surface area contributed by atoms with E-state index in [9.17, 15) is 0 Å². The van der Waals surface area contributed by atoms with Crippen molar-refractivity contribution < 1.29 is 4.74 Å². The predicted octanol–water partition coefficient (Wildman–Crippen LogP) is 8.76. The van der Waals surface area contributed by atoms with Crippen LogP contribution < -0.4 is 4.74 Å². The topological polar surface area (TPSA) is 9.23 Å². The van der Waals surface area contributed by atoms with E-state index in [2.05, 4.69) is 104 Å². The van der Waals surface area contributed by atoms with Gasteiger partial charge in [0, 0.05) is 0 Å². The normalized spacial score (nSPS) is 12.7. The number of hydrogen-bond donors (Lipinski definition) is 0. The minimum atomic E-state index is 0.475. The van der Waals surface area contributed by atoms with E-state index >= 15 is 0 Å². The molecule has 0 bridgehead atoms. The largest absolute Gasteiger partial charge is 0.455 e. The molecule has 3 heteroatoms. The summed E-state index contributed by atoms with van der Waals surface area (Å²) in [6.07, 6.45) is 1.15. The zero-order valence-electron chi connectivity index (χ0n) is 16.0. The van der Waals surface area contributed by atoms with Crippen molar-refractivity contribution in [1.29, 1.82) is 0 Å². The molecule has 2 aromatic rings. The van der Waals surface area contributed by atoms with Crippen LogP contribution in [0.4, 0.5) is 0 Å². The quantitative estimate of drug-likeness (QED) is 0.412. The Balaban J connectivity index is 2.40. The van der Waals surface area contributed by atoms with E-state index in [-0.39, 0.29) is 0 Å². The first-order chi connectivity index (χ1) is 11.7. The Morgan fingerprint density at radius 3 is 1.92 bits per heavy atom. The summed E-state index contributed by atoms with van der Waals surface area (Å²) >= 11 is 7.33. The molecule has 0 heterocycles. The van der Waals surface area contributed by atoms with Crippen LogP contribution in [0.2, 0.25) is 0 Å². The minimum Gasteiger partial charge on any atom is -0.455 e. The van der Waals surface area contributed by atoms with Gasteiger partial charge in [-0.3, -0.25) is 0 Å². The van der Waals surface area contributed by atoms with Crippen LogP contribution in [0, 0.1) is 0 Å². The van der Waals surface area contributed by atoms with Crippen molar-refractivity contribution in [3.8, 4) is 11.5 Å². The lowest BCUT2D eigenvalue weighted by Crippen LogP contribution is -2.01. The highest BCUT2D eigenvalue weighted by atomic mass is 79.9. The first kappa shape index (κ1) is 20.5. The molecule has 0 fully saturated rings. The van der Waals surface area contributed by atoms with E-state index < -0.39 is 0 Å². The van der Waals surface area contributed by atoms with Crippen molar-refractivity contribution in [3.05, 3.63) is 56.0 Å². The molecule has 0 saturated heterocycles. The summed E-state index contributed by atoms with van der Waals surface area (Å²) in [6, 6.07) is 10.8. The number of hydrogen-bond acceptors (Lipinski definition) is 1. The smallest absolute Gasteiger partial charge is 0.155 e. The van der Waals surface area contributed by atoms with Gasteiger partial charge in [-0.05, 0) is 97.0 Å². The molecule has 1 nitrogen and oxygen atoms in total. The monoisotopic (exact) mass is 466 g/mol. The SMILES string of the molecule is CCC(C)c1ccc(Oc2c(Br)cc(C(C)C)cc2Br)cc1C(C)C. The van der Waals surface area contributed by atoms with E-state index in [1.54, 1.807) is 0 Å². The maximum absolute atomic E-state index is 6.24. The minimum absolute atomic E-state index is 0.475. The van der Waals surface area contributed by atoms with Crippen molar-refractivity contribution in [3.63, 3.8) is 0 Å². The van der Waals surface area contributed by atoms with Gasteiger partial charge in [0.05, 0.1) is 8.95 Å². The van der Waals surface area contributed by atoms with E-state index in [0.29, 0.717) is 17.8 Å². The molecular weight excluding hydrogens is 440 g/mol. The molecule has 0 aliphatic heterocycles. The molecular formula is C22H28Br2O. The number of rotatable bonds is 6. The van der Waals surface area contributed by atoms with Gasteiger partial charge in [-0.2, -0.15) is 0 Å². The van der Waals surface area contributed by atoms with Crippen LogP contribution >= 0.6 is 31.9 Å². The van der Waals surface area contributed by atoms with Crippen LogP contribution in [0.1, 0.15) is 82.4 Å². The maximum Gasteiger partial charge on any atom is 0.155 e. The zero-order valence-corrected chi connectivity index (χ0v) is 19.2. The standard InChI is InChI=1S/C22H28Br2O/c1-7-15(6)18-9-8-17(12-19(18)14(4)5)25-22-20(23)10-16(13(2)3)11-21(22)24/h8-15H,7H2,1-6H3. The Bertz CT molecular complexity index is 712. The van der Waals surface area contributed by atoms with Crippen molar-refractivity contribution in [2.24, 2.45) is 0 Å². The second-order valence-corrected chi connectivity index (χ2v) is 9.03. The van der Waals surface area contributed by atoms with E-state index in [1.807, 2.05) is 0 Å². The third-order valence-corrected chi connectivity index (χ3v) is 5.91. The summed E-state index contributed by atoms with van der Waals surface area (Å²) < 4.78 is 8.19. The summed E-state index contributed by atoms with van der Waals surface area (Å²) in [5.74, 6) is 3.23. The second-order valence-electron chi connectivity index (χ2n) is 7.33. The lowest BCUT2D eigenvalue weighted by Gasteiger charge is -2.20. The molecule has 2 rings (SSSR count). The number of ether oxygens (including phenoxy) is 1. The first-order valence-electron chi connectivity index (χ1n) is 9.05. The third-order valence-electron chi connectivity index (χ3n) is 4.73. The zero-order chi connectivity index (χ0) is 18.7. The molecule has 0 aliphatic carbocycles. The third kappa shape index (κ3) is 4.89. The van der Waals surface area contributed by atoms with Gasteiger partial charge >= 0.3 is 0 Å². The van der Waals surface area contributed by atoms with Gasteiger partial charge in [0.25, 0.3) is 0 Å². The Morgan fingerprint density at radius 1 is 0.840 bits per heavy atom. The van der Waals surface area contributed by atoms with Crippen molar-refractivity contribution in [2.45, 2.75) is 65.7 Å². The molecule has 25 heavy (non-hydrogen) atoms. The van der Waals surface area contributed by atoms with Crippen LogP contribution in [0.5, 0.6) is 11.5 Å². The Morgan fingerprint density at radius 2 is 1.44 bits per heavy atom. The van der Waals surface area contributed by atoms with Crippen LogP contribution in [0.3, 0.4) is 0 Å². The summed E-state index contributed by atoms with van der Waals surface area (Å²) in [5.41, 5.74) is 4.08. The summed E-state index contributed by atoms with van der Waals surface area (Å²) in [5, 5.41) is 0. The summed E-state index contributed by atoms with van der Waals surface area (Å²) in [7, 11) is 0. The molecule has 1 unspecified atom stereocenters. The number of benzene rings is 2. The second kappa shape index (κ2) is 8.73. The average Bonchev–Trinajstić information content (AvgIpc) is 2.56. The van der Waals surface area contributed by atoms with Crippen LogP contribution in [-0.4, -0.2) is 0 Å². The van der Waals surface area contributed by atoms with Crippen LogP contribution in [0.25, 0.3) is 0 Å². The first-order valence-corrected chi connectivity index (χ1v) is 10.6. The Kier molecular flexibility index (Phi) is 7.16. The molecule has 2 aromatic carbocycles. The van der Waals surface area contributed by atoms with Gasteiger partial charge in [-0.25, -0.2) is 0 Å². The summed E-state index contributed by atoms with van der Waals surface area (Å²) in [6.45, 7) is 13.4. The Hall–Kier alpha value is -0.800. The predicted molar refractivity (Wildman–Crippen MR) is 115 cm³/mol. The van der Waals surface area contributed by atoms with Gasteiger partial charge in [-0.15, -0.1) is 0 Å². The van der Waals surface area contributed by atoms with Crippen LogP contribution in [-0.2, 0) is 0 Å². The average molecular weight is 468 g/mol. The van der Waals surface area contributed by atoms with E-state index in [4.69, 9.17) is 4.74 Å². The maximum atomic E-state index is 6.24. The van der Waals surface area contributed by atoms with Gasteiger partial charge in [-0.1, -0.05) is 47.6 Å². The lowest BCUT2D eigenvalue weighted by atomic mass is 9.88. The highest BCUT2D eigenvalue weighted by Crippen LogP contribution is 2.40. The highest BCUT2D eigenvalue weighted by molar-refractivity contribution is 9.11. The molecule has 0 aromatic heterocycles.